The van der Waals surface area contributed by atoms with E-state index in [2.05, 4.69) is 4.98 Å². The average molecular weight is 365 g/mol. The van der Waals surface area contributed by atoms with E-state index in [0.29, 0.717) is 11.4 Å². The van der Waals surface area contributed by atoms with Gasteiger partial charge in [-0.25, -0.2) is 15.0 Å². The summed E-state index contributed by atoms with van der Waals surface area (Å²) in [6.07, 6.45) is 0. The lowest BCUT2D eigenvalue weighted by Crippen LogP contribution is -2.41. The molecular weight excluding hydrogens is 345 g/mol. The molecule has 0 N–H and O–H groups in total. The van der Waals surface area contributed by atoms with Gasteiger partial charge in [0.15, 0.2) is 5.82 Å². The second-order valence-electron chi connectivity index (χ2n) is 7.33. The minimum atomic E-state index is -0.539. The highest BCUT2D eigenvalue weighted by molar-refractivity contribution is 7.07. The predicted molar refractivity (Wildman–Crippen MR) is 104 cm³/mol. The second kappa shape index (κ2) is 6.26. The van der Waals surface area contributed by atoms with Gasteiger partial charge >= 0.3 is 7.12 Å². The van der Waals surface area contributed by atoms with Crippen LogP contribution in [0.5, 0.6) is 0 Å². The van der Waals surface area contributed by atoms with E-state index in [1.807, 2.05) is 69.5 Å². The minimum Gasteiger partial charge on any atom is -0.398 e. The summed E-state index contributed by atoms with van der Waals surface area (Å²) in [6.45, 7) is 8.14. The maximum Gasteiger partial charge on any atom is 0.514 e. The van der Waals surface area contributed by atoms with Crippen molar-refractivity contribution < 1.29 is 9.31 Å². The summed E-state index contributed by atoms with van der Waals surface area (Å²) in [5.74, 6) is 0.640. The van der Waals surface area contributed by atoms with Crippen LogP contribution in [0.25, 0.3) is 22.8 Å². The summed E-state index contributed by atoms with van der Waals surface area (Å²) in [5, 5.41) is 1.98. The fourth-order valence-corrected chi connectivity index (χ4v) is 3.28. The summed E-state index contributed by atoms with van der Waals surface area (Å²) in [7, 11) is -0.539. The van der Waals surface area contributed by atoms with Gasteiger partial charge in [-0.1, -0.05) is 30.3 Å². The van der Waals surface area contributed by atoms with Gasteiger partial charge in [0.1, 0.15) is 0 Å². The third kappa shape index (κ3) is 3.07. The maximum atomic E-state index is 6.18. The summed E-state index contributed by atoms with van der Waals surface area (Å²) < 4.78 is 12.4. The number of hydrogen-bond donors (Lipinski definition) is 0. The Balaban J connectivity index is 1.81. The molecule has 2 aromatic heterocycles. The van der Waals surface area contributed by atoms with Crippen molar-refractivity contribution in [3.63, 3.8) is 0 Å². The van der Waals surface area contributed by atoms with Gasteiger partial charge in [-0.05, 0) is 33.8 Å². The number of rotatable bonds is 3. The van der Waals surface area contributed by atoms with E-state index in [9.17, 15) is 0 Å². The van der Waals surface area contributed by atoms with Crippen LogP contribution in [-0.2, 0) is 9.31 Å². The van der Waals surface area contributed by atoms with Crippen molar-refractivity contribution in [1.29, 1.82) is 0 Å². The van der Waals surface area contributed by atoms with Crippen LogP contribution in [0.15, 0.2) is 47.3 Å². The number of hydrogen-bond acceptors (Lipinski definition) is 6. The van der Waals surface area contributed by atoms with E-state index in [1.54, 1.807) is 5.51 Å². The molecule has 5 nitrogen and oxygen atoms in total. The lowest BCUT2D eigenvalue weighted by atomic mass is 9.83. The topological polar surface area (TPSA) is 57.1 Å². The molecule has 4 rings (SSSR count). The van der Waals surface area contributed by atoms with E-state index in [-0.39, 0.29) is 0 Å². The fourth-order valence-electron chi connectivity index (χ4n) is 2.74. The minimum absolute atomic E-state index is 0.420. The Hall–Kier alpha value is -2.09. The van der Waals surface area contributed by atoms with Crippen molar-refractivity contribution in [3.8, 4) is 22.8 Å². The van der Waals surface area contributed by atoms with E-state index in [0.717, 1.165) is 17.0 Å². The molecular formula is C19H20BN3O2S. The number of aromatic nitrogens is 3. The molecule has 7 heteroatoms. The Morgan fingerprint density at radius 1 is 0.923 bits per heavy atom. The standard InChI is InChI=1S/C19H20BN3O2S/c1-18(2)19(3,4)25-20(24-18)16-10-14(15-11-26-12-21-15)22-17(23-16)13-8-6-5-7-9-13/h5-12H,1-4H3. The Morgan fingerprint density at radius 2 is 1.62 bits per heavy atom. The van der Waals surface area contributed by atoms with Crippen LogP contribution in [-0.4, -0.2) is 33.3 Å². The van der Waals surface area contributed by atoms with Crippen molar-refractivity contribution in [1.82, 2.24) is 15.0 Å². The molecule has 1 fully saturated rings. The summed E-state index contributed by atoms with van der Waals surface area (Å²) in [5.41, 5.74) is 4.21. The van der Waals surface area contributed by atoms with Gasteiger partial charge in [0.05, 0.1) is 33.7 Å². The lowest BCUT2D eigenvalue weighted by Gasteiger charge is -2.32. The summed E-state index contributed by atoms with van der Waals surface area (Å²) in [4.78, 5) is 13.8. The van der Waals surface area contributed by atoms with E-state index in [4.69, 9.17) is 19.3 Å². The maximum absolute atomic E-state index is 6.18. The Kier molecular flexibility index (Phi) is 4.18. The van der Waals surface area contributed by atoms with Gasteiger partial charge in [0, 0.05) is 10.9 Å². The van der Waals surface area contributed by atoms with E-state index >= 15 is 0 Å². The van der Waals surface area contributed by atoms with Crippen molar-refractivity contribution in [2.75, 3.05) is 0 Å². The van der Waals surface area contributed by atoms with Gasteiger partial charge in [0.25, 0.3) is 0 Å². The highest BCUT2D eigenvalue weighted by Gasteiger charge is 2.52. The first-order valence-electron chi connectivity index (χ1n) is 8.54. The largest absolute Gasteiger partial charge is 0.514 e. The fraction of sp³-hybridized carbons (Fsp3) is 0.316. The van der Waals surface area contributed by atoms with E-state index < -0.39 is 18.3 Å². The SMILES string of the molecule is CC1(C)OB(c2cc(-c3cscn3)nc(-c3ccccc3)n2)OC1(C)C. The van der Waals surface area contributed by atoms with E-state index in [1.165, 1.54) is 11.3 Å². The van der Waals surface area contributed by atoms with Crippen molar-refractivity contribution in [2.24, 2.45) is 0 Å². The molecule has 1 aromatic carbocycles. The molecule has 0 bridgehead atoms. The number of thiazole rings is 1. The van der Waals surface area contributed by atoms with Crippen molar-refractivity contribution >= 4 is 24.0 Å². The van der Waals surface area contributed by atoms with Crippen molar-refractivity contribution in [2.45, 2.75) is 38.9 Å². The molecule has 0 radical (unpaired) electrons. The highest BCUT2D eigenvalue weighted by atomic mass is 32.1. The Morgan fingerprint density at radius 3 is 2.23 bits per heavy atom. The molecule has 1 saturated heterocycles. The monoisotopic (exact) mass is 365 g/mol. The zero-order valence-corrected chi connectivity index (χ0v) is 16.1. The summed E-state index contributed by atoms with van der Waals surface area (Å²) >= 11 is 1.54. The molecule has 1 aliphatic rings. The molecule has 132 valence electrons. The van der Waals surface area contributed by atoms with Crippen LogP contribution < -0.4 is 5.59 Å². The van der Waals surface area contributed by atoms with Crippen molar-refractivity contribution in [3.05, 3.63) is 47.3 Å². The average Bonchev–Trinajstić information content (AvgIpc) is 3.22. The second-order valence-corrected chi connectivity index (χ2v) is 8.05. The van der Waals surface area contributed by atoms with Gasteiger partial charge in [0.2, 0.25) is 0 Å². The highest BCUT2D eigenvalue weighted by Crippen LogP contribution is 2.36. The summed E-state index contributed by atoms with van der Waals surface area (Å²) in [6, 6.07) is 11.8. The molecule has 0 amide bonds. The molecule has 1 aliphatic heterocycles. The van der Waals surface area contributed by atoms with Crippen LogP contribution in [0.4, 0.5) is 0 Å². The zero-order valence-electron chi connectivity index (χ0n) is 15.3. The van der Waals surface area contributed by atoms with Crippen LogP contribution in [0.1, 0.15) is 27.7 Å². The lowest BCUT2D eigenvalue weighted by molar-refractivity contribution is 0.00578. The van der Waals surface area contributed by atoms with Crippen LogP contribution >= 0.6 is 11.3 Å². The normalized spacial score (nSPS) is 18.2. The third-order valence-corrected chi connectivity index (χ3v) is 5.55. The smallest absolute Gasteiger partial charge is 0.398 e. The molecule has 0 atom stereocenters. The molecule has 0 unspecified atom stereocenters. The Labute approximate surface area is 157 Å². The van der Waals surface area contributed by atoms with Gasteiger partial charge < -0.3 is 9.31 Å². The van der Waals surface area contributed by atoms with Gasteiger partial charge in [-0.2, -0.15) is 0 Å². The molecule has 0 aliphatic carbocycles. The molecule has 26 heavy (non-hydrogen) atoms. The van der Waals surface area contributed by atoms with Gasteiger partial charge in [-0.15, -0.1) is 11.3 Å². The molecule has 3 heterocycles. The first-order valence-corrected chi connectivity index (χ1v) is 9.49. The first-order chi connectivity index (χ1) is 12.4. The first kappa shape index (κ1) is 17.3. The quantitative estimate of drug-likeness (QED) is 0.665. The molecule has 0 spiro atoms. The predicted octanol–water partition coefficient (Wildman–Crippen LogP) is 3.57. The van der Waals surface area contributed by atoms with Crippen LogP contribution in [0.2, 0.25) is 0 Å². The number of benzene rings is 1. The molecule has 3 aromatic rings. The molecule has 0 saturated carbocycles. The van der Waals surface area contributed by atoms with Crippen LogP contribution in [0.3, 0.4) is 0 Å². The zero-order chi connectivity index (χ0) is 18.4. The van der Waals surface area contributed by atoms with Gasteiger partial charge in [-0.3, -0.25) is 0 Å². The van der Waals surface area contributed by atoms with Crippen LogP contribution in [0, 0.1) is 0 Å². The number of nitrogens with zero attached hydrogens (tertiary/aromatic N) is 3. The third-order valence-electron chi connectivity index (χ3n) is 4.97. The Bertz CT molecular complexity index is 898.